The number of carbonyl (C=O) groups excluding carboxylic acids is 4. The van der Waals surface area contributed by atoms with E-state index in [1.807, 2.05) is 5.32 Å². The van der Waals surface area contributed by atoms with Gasteiger partial charge in [0.1, 0.15) is 28.1 Å². The Labute approximate surface area is 282 Å². The molecule has 2 atom stereocenters. The number of halogens is 9. The highest BCUT2D eigenvalue weighted by Gasteiger charge is 2.67. The zero-order valence-corrected chi connectivity index (χ0v) is 26.4. The number of anilines is 3. The monoisotopic (exact) mass is 733 g/mol. The highest BCUT2D eigenvalue weighted by molar-refractivity contribution is 6.53. The summed E-state index contributed by atoms with van der Waals surface area (Å²) >= 11 is 18.6. The lowest BCUT2D eigenvalue weighted by Crippen LogP contribution is -2.39. The fourth-order valence-electron chi connectivity index (χ4n) is 4.74. The quantitative estimate of drug-likeness (QED) is 0.160. The van der Waals surface area contributed by atoms with Crippen LogP contribution in [0.3, 0.4) is 0 Å². The molecule has 3 aromatic carbocycles. The first-order valence-corrected chi connectivity index (χ1v) is 14.7. The van der Waals surface area contributed by atoms with Gasteiger partial charge in [-0.3, -0.25) is 19.3 Å². The lowest BCUT2D eigenvalue weighted by Gasteiger charge is -2.19. The second-order valence-corrected chi connectivity index (χ2v) is 12.0. The zero-order chi connectivity index (χ0) is 35.7. The molecule has 18 heteroatoms. The van der Waals surface area contributed by atoms with Crippen molar-refractivity contribution in [2.24, 2.45) is 5.92 Å². The first-order valence-electron chi connectivity index (χ1n) is 13.5. The molecule has 48 heavy (non-hydrogen) atoms. The second kappa shape index (κ2) is 13.9. The highest BCUT2D eigenvalue weighted by atomic mass is 35.5. The lowest BCUT2D eigenvalue weighted by molar-refractivity contribution is -0.140. The van der Waals surface area contributed by atoms with Crippen molar-refractivity contribution in [3.63, 3.8) is 0 Å². The summed E-state index contributed by atoms with van der Waals surface area (Å²) in [6, 6.07) is 7.51. The number of rotatable bonds is 8. The van der Waals surface area contributed by atoms with Crippen molar-refractivity contribution in [3.8, 4) is 6.07 Å². The SMILES string of the molecule is CCN(C(=O)CC#N)C(=O)Nc1c(F)ccc(NC(=O)c2cc(NC(=O)[C@H]3[C@H](c4ccc(F)c(C(F)(F)F)c4)C3(Cl)Cl)ccc2Cl)c1F. The van der Waals surface area contributed by atoms with Gasteiger partial charge >= 0.3 is 12.2 Å². The number of nitrogens with zero attached hydrogens (tertiary/aromatic N) is 2. The predicted molar refractivity (Wildman–Crippen MR) is 163 cm³/mol. The maximum atomic E-state index is 15.3. The van der Waals surface area contributed by atoms with Gasteiger partial charge < -0.3 is 16.0 Å². The Balaban J connectivity index is 1.51. The van der Waals surface area contributed by atoms with E-state index in [2.05, 4.69) is 10.6 Å². The Hall–Kier alpha value is -4.52. The summed E-state index contributed by atoms with van der Waals surface area (Å²) in [7, 11) is 0. The van der Waals surface area contributed by atoms with Crippen LogP contribution >= 0.6 is 34.8 Å². The number of urea groups is 1. The Morgan fingerprint density at radius 3 is 2.25 bits per heavy atom. The van der Waals surface area contributed by atoms with Crippen LogP contribution in [0.4, 0.5) is 48.2 Å². The van der Waals surface area contributed by atoms with E-state index in [-0.39, 0.29) is 28.4 Å². The molecule has 0 unspecified atom stereocenters. The maximum Gasteiger partial charge on any atom is 0.419 e. The standard InChI is InChI=1S/C30H20Cl3F6N5O4/c1-2-44(21(45)9-10-40)28(48)43-25-19(35)7-8-20(24(25)36)42-26(46)15-12-14(4-5-17(15)31)41-27(47)23-22(29(23,32)33)13-3-6-18(34)16(11-13)30(37,38)39/h3-8,11-12,22-23H,2,9H2,1H3,(H,41,47)(H,42,46)(H,43,48)/t22-,23+/m0/s1. The van der Waals surface area contributed by atoms with Crippen LogP contribution < -0.4 is 16.0 Å². The summed E-state index contributed by atoms with van der Waals surface area (Å²) in [5.41, 5.74) is -3.73. The van der Waals surface area contributed by atoms with Crippen molar-refractivity contribution in [1.29, 1.82) is 5.26 Å². The van der Waals surface area contributed by atoms with Crippen LogP contribution in [-0.4, -0.2) is 39.5 Å². The van der Waals surface area contributed by atoms with Gasteiger partial charge in [0.05, 0.1) is 33.8 Å². The largest absolute Gasteiger partial charge is 0.419 e. The van der Waals surface area contributed by atoms with E-state index in [4.69, 9.17) is 40.1 Å². The van der Waals surface area contributed by atoms with Crippen LogP contribution in [0.25, 0.3) is 0 Å². The molecule has 1 fully saturated rings. The van der Waals surface area contributed by atoms with Crippen LogP contribution in [0.2, 0.25) is 5.02 Å². The molecule has 0 radical (unpaired) electrons. The Morgan fingerprint density at radius 2 is 1.62 bits per heavy atom. The number of imide groups is 1. The van der Waals surface area contributed by atoms with Gasteiger partial charge in [-0.25, -0.2) is 18.0 Å². The molecule has 3 N–H and O–H groups in total. The molecule has 0 aliphatic heterocycles. The number of benzene rings is 3. The molecule has 0 aromatic heterocycles. The lowest BCUT2D eigenvalue weighted by atomic mass is 10.0. The summed E-state index contributed by atoms with van der Waals surface area (Å²) in [5, 5.41) is 15.0. The molecule has 252 valence electrons. The third-order valence-corrected chi connectivity index (χ3v) is 8.40. The van der Waals surface area contributed by atoms with E-state index < -0.39 is 86.9 Å². The minimum atomic E-state index is -5.02. The molecule has 1 aliphatic rings. The van der Waals surface area contributed by atoms with Crippen molar-refractivity contribution in [2.75, 3.05) is 22.5 Å². The summed E-state index contributed by atoms with van der Waals surface area (Å²) in [6.07, 6.45) is -5.69. The van der Waals surface area contributed by atoms with Crippen molar-refractivity contribution in [3.05, 3.63) is 87.7 Å². The molecule has 1 saturated carbocycles. The smallest absolute Gasteiger partial charge is 0.326 e. The minimum absolute atomic E-state index is 0.0614. The number of alkyl halides is 5. The molecule has 0 saturated heterocycles. The first-order chi connectivity index (χ1) is 22.4. The summed E-state index contributed by atoms with van der Waals surface area (Å²) in [6.45, 7) is 1.17. The third kappa shape index (κ3) is 7.46. The van der Waals surface area contributed by atoms with E-state index >= 15 is 4.39 Å². The van der Waals surface area contributed by atoms with Crippen molar-refractivity contribution < 1.29 is 45.5 Å². The average Bonchev–Trinajstić information content (AvgIpc) is 3.59. The first kappa shape index (κ1) is 36.3. The number of hydrogen-bond donors (Lipinski definition) is 3. The molecule has 1 aliphatic carbocycles. The Morgan fingerprint density at radius 1 is 0.958 bits per heavy atom. The summed E-state index contributed by atoms with van der Waals surface area (Å²) in [4.78, 5) is 51.2. The van der Waals surface area contributed by atoms with Gasteiger partial charge in [0, 0.05) is 18.2 Å². The fourth-order valence-corrected chi connectivity index (χ4v) is 5.77. The van der Waals surface area contributed by atoms with E-state index in [0.717, 1.165) is 24.3 Å². The molecule has 5 amide bonds. The Kier molecular flexibility index (Phi) is 10.5. The van der Waals surface area contributed by atoms with Crippen LogP contribution in [0, 0.1) is 34.7 Å². The molecule has 0 heterocycles. The molecular formula is C30H20Cl3F6N5O4. The van der Waals surface area contributed by atoms with Crippen LogP contribution in [0.1, 0.15) is 40.7 Å². The van der Waals surface area contributed by atoms with Gasteiger partial charge in [0.2, 0.25) is 11.8 Å². The van der Waals surface area contributed by atoms with E-state index in [1.54, 1.807) is 6.07 Å². The number of nitriles is 1. The molecule has 0 spiro atoms. The molecule has 3 aromatic rings. The number of nitrogens with one attached hydrogen (secondary N) is 3. The van der Waals surface area contributed by atoms with E-state index in [0.29, 0.717) is 17.0 Å². The van der Waals surface area contributed by atoms with Crippen LogP contribution in [-0.2, 0) is 15.8 Å². The van der Waals surface area contributed by atoms with Crippen molar-refractivity contribution in [2.45, 2.75) is 29.8 Å². The van der Waals surface area contributed by atoms with Crippen LogP contribution in [0.5, 0.6) is 0 Å². The van der Waals surface area contributed by atoms with Gasteiger partial charge in [0.25, 0.3) is 5.91 Å². The number of hydrogen-bond acceptors (Lipinski definition) is 5. The zero-order valence-electron chi connectivity index (χ0n) is 24.1. The van der Waals surface area contributed by atoms with Crippen LogP contribution in [0.15, 0.2) is 48.5 Å². The molecule has 9 nitrogen and oxygen atoms in total. The molecular weight excluding hydrogens is 715 g/mol. The minimum Gasteiger partial charge on any atom is -0.326 e. The Bertz CT molecular complexity index is 1870. The molecule has 4 rings (SSSR count). The van der Waals surface area contributed by atoms with Gasteiger partial charge in [0.15, 0.2) is 5.82 Å². The highest BCUT2D eigenvalue weighted by Crippen LogP contribution is 2.65. The van der Waals surface area contributed by atoms with Gasteiger partial charge in [-0.15, -0.1) is 23.2 Å². The topological polar surface area (TPSA) is 131 Å². The average molecular weight is 735 g/mol. The van der Waals surface area contributed by atoms with Crippen molar-refractivity contribution >= 4 is 75.6 Å². The predicted octanol–water partition coefficient (Wildman–Crippen LogP) is 7.85. The van der Waals surface area contributed by atoms with Gasteiger partial charge in [-0.1, -0.05) is 17.7 Å². The number of amides is 5. The maximum absolute atomic E-state index is 15.3. The van der Waals surface area contributed by atoms with E-state index in [9.17, 15) is 41.1 Å². The molecule has 0 bridgehead atoms. The number of carbonyl (C=O) groups is 4. The summed E-state index contributed by atoms with van der Waals surface area (Å²) in [5.74, 6) is -9.50. The van der Waals surface area contributed by atoms with Gasteiger partial charge in [-0.05, 0) is 55.0 Å². The normalized spacial score (nSPS) is 16.4. The summed E-state index contributed by atoms with van der Waals surface area (Å²) < 4.78 is 81.3. The van der Waals surface area contributed by atoms with Gasteiger partial charge in [-0.2, -0.15) is 18.4 Å². The van der Waals surface area contributed by atoms with E-state index in [1.165, 1.54) is 19.1 Å². The second-order valence-electron chi connectivity index (χ2n) is 10.2. The third-order valence-electron chi connectivity index (χ3n) is 7.13. The fraction of sp³-hybridized carbons (Fsp3) is 0.233. The van der Waals surface area contributed by atoms with Crippen molar-refractivity contribution in [1.82, 2.24) is 4.90 Å².